The van der Waals surface area contributed by atoms with Crippen LogP contribution in [0.5, 0.6) is 0 Å². The number of rotatable bonds is 1. The summed E-state index contributed by atoms with van der Waals surface area (Å²) in [5.74, 6) is 1.79. The van der Waals surface area contributed by atoms with Crippen LogP contribution in [0.1, 0.15) is 20.3 Å². The highest BCUT2D eigenvalue weighted by Crippen LogP contribution is 2.27. The van der Waals surface area contributed by atoms with Gasteiger partial charge in [0.25, 0.3) is 0 Å². The minimum absolute atomic E-state index is 0.590. The molecule has 3 nitrogen and oxygen atoms in total. The molecule has 1 aromatic heterocycles. The summed E-state index contributed by atoms with van der Waals surface area (Å²) in [7, 11) is 0. The van der Waals surface area contributed by atoms with Crippen molar-refractivity contribution in [1.82, 2.24) is 9.97 Å². The van der Waals surface area contributed by atoms with Crippen molar-refractivity contribution in [3.8, 4) is 0 Å². The second kappa shape index (κ2) is 3.85. The summed E-state index contributed by atoms with van der Waals surface area (Å²) in [6, 6.07) is 2.57. The van der Waals surface area contributed by atoms with E-state index in [1.54, 1.807) is 6.33 Å². The maximum atomic E-state index is 4.29. The molecular formula is C10H14BrN3. The maximum Gasteiger partial charge on any atom is 0.133 e. The molecule has 0 radical (unpaired) electrons. The van der Waals surface area contributed by atoms with Crippen molar-refractivity contribution >= 4 is 21.7 Å². The molecule has 1 aliphatic rings. The van der Waals surface area contributed by atoms with Crippen molar-refractivity contribution in [2.75, 3.05) is 11.4 Å². The van der Waals surface area contributed by atoms with E-state index >= 15 is 0 Å². The maximum absolute atomic E-state index is 4.29. The molecule has 0 aromatic carbocycles. The lowest BCUT2D eigenvalue weighted by atomic mass is 10.1. The van der Waals surface area contributed by atoms with Crippen molar-refractivity contribution < 1.29 is 0 Å². The predicted octanol–water partition coefficient (Wildman–Crippen LogP) is 2.47. The Labute approximate surface area is 92.7 Å². The van der Waals surface area contributed by atoms with Gasteiger partial charge in [-0.15, -0.1) is 0 Å². The van der Waals surface area contributed by atoms with Gasteiger partial charge in [-0.25, -0.2) is 9.97 Å². The summed E-state index contributed by atoms with van der Waals surface area (Å²) in [5.41, 5.74) is 0. The van der Waals surface area contributed by atoms with Crippen LogP contribution in [0.4, 0.5) is 5.82 Å². The molecule has 2 unspecified atom stereocenters. The van der Waals surface area contributed by atoms with Gasteiger partial charge in [0.05, 0.1) is 0 Å². The molecule has 0 spiro atoms. The third-order valence-corrected chi connectivity index (χ3v) is 3.13. The van der Waals surface area contributed by atoms with Crippen LogP contribution in [0.2, 0.25) is 0 Å². The van der Waals surface area contributed by atoms with Gasteiger partial charge in [-0.3, -0.25) is 0 Å². The van der Waals surface area contributed by atoms with Gasteiger partial charge in [-0.05, 0) is 35.2 Å². The molecule has 1 saturated heterocycles. The van der Waals surface area contributed by atoms with E-state index in [0.717, 1.165) is 22.9 Å². The topological polar surface area (TPSA) is 29.0 Å². The molecular weight excluding hydrogens is 242 g/mol. The Bertz CT molecular complexity index is 329. The second-order valence-corrected chi connectivity index (χ2v) is 4.85. The van der Waals surface area contributed by atoms with E-state index in [1.807, 2.05) is 6.07 Å². The van der Waals surface area contributed by atoms with E-state index in [1.165, 1.54) is 6.42 Å². The number of halogens is 1. The first-order chi connectivity index (χ1) is 6.66. The summed E-state index contributed by atoms with van der Waals surface area (Å²) in [5, 5.41) is 0. The zero-order valence-electron chi connectivity index (χ0n) is 8.44. The average Bonchev–Trinajstić information content (AvgIpc) is 2.45. The summed E-state index contributed by atoms with van der Waals surface area (Å²) < 4.78 is 0.856. The van der Waals surface area contributed by atoms with E-state index in [-0.39, 0.29) is 0 Å². The monoisotopic (exact) mass is 255 g/mol. The molecule has 14 heavy (non-hydrogen) atoms. The molecule has 1 fully saturated rings. The molecule has 0 saturated carbocycles. The molecule has 4 heteroatoms. The van der Waals surface area contributed by atoms with Crippen molar-refractivity contribution in [3.63, 3.8) is 0 Å². The zero-order chi connectivity index (χ0) is 10.1. The fourth-order valence-electron chi connectivity index (χ4n) is 2.10. The molecule has 0 amide bonds. The third-order valence-electron chi connectivity index (χ3n) is 2.70. The highest BCUT2D eigenvalue weighted by Gasteiger charge is 2.26. The fraction of sp³-hybridized carbons (Fsp3) is 0.600. The Kier molecular flexibility index (Phi) is 2.72. The number of anilines is 1. The van der Waals surface area contributed by atoms with E-state index in [2.05, 4.69) is 44.6 Å². The Morgan fingerprint density at radius 3 is 2.79 bits per heavy atom. The number of hydrogen-bond donors (Lipinski definition) is 0. The molecule has 2 heterocycles. The predicted molar refractivity (Wildman–Crippen MR) is 60.3 cm³/mol. The quantitative estimate of drug-likeness (QED) is 0.723. The average molecular weight is 256 g/mol. The molecule has 1 aromatic rings. The van der Waals surface area contributed by atoms with Gasteiger partial charge >= 0.3 is 0 Å². The zero-order valence-corrected chi connectivity index (χ0v) is 10.0. The van der Waals surface area contributed by atoms with Crippen molar-refractivity contribution in [1.29, 1.82) is 0 Å². The van der Waals surface area contributed by atoms with Crippen LogP contribution < -0.4 is 4.90 Å². The van der Waals surface area contributed by atoms with Gasteiger partial charge in [0.2, 0.25) is 0 Å². The summed E-state index contributed by atoms with van der Waals surface area (Å²) in [6.07, 6.45) is 2.86. The minimum atomic E-state index is 0.590. The van der Waals surface area contributed by atoms with E-state index in [0.29, 0.717) is 6.04 Å². The molecule has 2 rings (SSSR count). The highest BCUT2D eigenvalue weighted by atomic mass is 79.9. The highest BCUT2D eigenvalue weighted by molar-refractivity contribution is 9.10. The van der Waals surface area contributed by atoms with Crippen LogP contribution in [0.25, 0.3) is 0 Å². The fourth-order valence-corrected chi connectivity index (χ4v) is 2.40. The van der Waals surface area contributed by atoms with E-state index in [4.69, 9.17) is 0 Å². The number of aromatic nitrogens is 2. The Morgan fingerprint density at radius 2 is 2.21 bits per heavy atom. The van der Waals surface area contributed by atoms with Crippen LogP contribution in [0.15, 0.2) is 17.0 Å². The second-order valence-electron chi connectivity index (χ2n) is 4.04. The van der Waals surface area contributed by atoms with Crippen LogP contribution in [0.3, 0.4) is 0 Å². The lowest BCUT2D eigenvalue weighted by Crippen LogP contribution is -2.27. The van der Waals surface area contributed by atoms with Gasteiger partial charge in [-0.1, -0.05) is 6.92 Å². The van der Waals surface area contributed by atoms with Gasteiger partial charge < -0.3 is 4.90 Å². The Hall–Kier alpha value is -0.640. The van der Waals surface area contributed by atoms with Crippen molar-refractivity contribution in [2.45, 2.75) is 26.3 Å². The number of hydrogen-bond acceptors (Lipinski definition) is 3. The normalized spacial score (nSPS) is 26.9. The van der Waals surface area contributed by atoms with E-state index in [9.17, 15) is 0 Å². The van der Waals surface area contributed by atoms with Gasteiger partial charge in [0.1, 0.15) is 16.7 Å². The van der Waals surface area contributed by atoms with Crippen molar-refractivity contribution in [2.24, 2.45) is 5.92 Å². The number of nitrogens with zero attached hydrogens (tertiary/aromatic N) is 3. The lowest BCUT2D eigenvalue weighted by Gasteiger charge is -2.22. The third kappa shape index (κ3) is 1.90. The first-order valence-corrected chi connectivity index (χ1v) is 5.70. The Balaban J connectivity index is 2.23. The molecule has 0 bridgehead atoms. The van der Waals surface area contributed by atoms with Crippen LogP contribution in [-0.4, -0.2) is 22.6 Å². The van der Waals surface area contributed by atoms with Gasteiger partial charge in [0.15, 0.2) is 0 Å². The first-order valence-electron chi connectivity index (χ1n) is 4.91. The molecule has 1 aliphatic heterocycles. The molecule has 76 valence electrons. The van der Waals surface area contributed by atoms with Crippen LogP contribution in [-0.2, 0) is 0 Å². The standard InChI is InChI=1S/C10H14BrN3/c1-7-3-8(2)14(5-7)10-4-9(11)12-6-13-10/h4,6-8H,3,5H2,1-2H3. The lowest BCUT2D eigenvalue weighted by molar-refractivity contribution is 0.625. The summed E-state index contributed by atoms with van der Waals surface area (Å²) in [6.45, 7) is 5.64. The van der Waals surface area contributed by atoms with E-state index < -0.39 is 0 Å². The molecule has 0 aliphatic carbocycles. The Morgan fingerprint density at radius 1 is 1.43 bits per heavy atom. The van der Waals surface area contributed by atoms with Gasteiger partial charge in [0, 0.05) is 18.7 Å². The first kappa shape index (κ1) is 9.90. The smallest absolute Gasteiger partial charge is 0.133 e. The van der Waals surface area contributed by atoms with Crippen LogP contribution in [0, 0.1) is 5.92 Å². The van der Waals surface area contributed by atoms with Crippen LogP contribution >= 0.6 is 15.9 Å². The summed E-state index contributed by atoms with van der Waals surface area (Å²) in [4.78, 5) is 10.7. The molecule has 0 N–H and O–H groups in total. The minimum Gasteiger partial charge on any atom is -0.354 e. The van der Waals surface area contributed by atoms with Gasteiger partial charge in [-0.2, -0.15) is 0 Å². The SMILES string of the molecule is CC1CC(C)N(c2cc(Br)ncn2)C1. The summed E-state index contributed by atoms with van der Waals surface area (Å²) >= 11 is 3.37. The largest absolute Gasteiger partial charge is 0.354 e. The van der Waals surface area contributed by atoms with Crippen molar-refractivity contribution in [3.05, 3.63) is 17.0 Å². The molecule has 2 atom stereocenters.